The highest BCUT2D eigenvalue weighted by Gasteiger charge is 2.38. The molecule has 33 heavy (non-hydrogen) atoms. The van der Waals surface area contributed by atoms with Gasteiger partial charge in [-0.2, -0.15) is 0 Å². The van der Waals surface area contributed by atoms with Gasteiger partial charge in [0.2, 0.25) is 0 Å². The van der Waals surface area contributed by atoms with Crippen molar-refractivity contribution in [1.29, 1.82) is 0 Å². The van der Waals surface area contributed by atoms with Crippen molar-refractivity contribution in [1.82, 2.24) is 10.3 Å². The zero-order chi connectivity index (χ0) is 23.4. The van der Waals surface area contributed by atoms with E-state index in [0.29, 0.717) is 27.7 Å². The Morgan fingerprint density at radius 2 is 1.88 bits per heavy atom. The van der Waals surface area contributed by atoms with Gasteiger partial charge in [0.25, 0.3) is 5.91 Å². The Balaban J connectivity index is 1.29. The molecule has 2 aliphatic heterocycles. The lowest BCUT2D eigenvalue weighted by Crippen LogP contribution is -2.49. The molecule has 6 rings (SSSR count). The number of thiophene rings is 1. The molecular weight excluding hydrogens is 449 g/mol. The van der Waals surface area contributed by atoms with E-state index in [9.17, 15) is 18.0 Å². The van der Waals surface area contributed by atoms with Gasteiger partial charge >= 0.3 is 0 Å². The number of nitrogens with zero attached hydrogens (tertiary/aromatic N) is 2. The number of carbonyl (C=O) groups is 1. The predicted molar refractivity (Wildman–Crippen MR) is 124 cm³/mol. The molecule has 9 heteroatoms. The average Bonchev–Trinajstić information content (AvgIpc) is 3.08. The first-order valence-corrected chi connectivity index (χ1v) is 11.9. The Morgan fingerprint density at radius 1 is 1.18 bits per heavy atom. The van der Waals surface area contributed by atoms with Gasteiger partial charge in [-0.05, 0) is 49.3 Å². The van der Waals surface area contributed by atoms with Crippen molar-refractivity contribution in [2.24, 2.45) is 11.8 Å². The molecule has 4 heterocycles. The number of fused-ring (bicyclic) bond motifs is 3. The second kappa shape index (κ2) is 8.20. The maximum absolute atomic E-state index is 14.9. The summed E-state index contributed by atoms with van der Waals surface area (Å²) in [6.07, 6.45) is 2.37. The smallest absolute Gasteiger partial charge is 0.263 e. The third kappa shape index (κ3) is 3.92. The lowest BCUT2D eigenvalue weighted by Gasteiger charge is -2.48. The number of hydrogen-bond donors (Lipinski definition) is 2. The number of aromatic nitrogens is 1. The van der Waals surface area contributed by atoms with Crippen LogP contribution in [0.1, 0.15) is 46.6 Å². The first kappa shape index (κ1) is 22.0. The number of anilines is 2. The number of aryl methyl sites for hydroxylation is 1. The molecule has 0 spiro atoms. The highest BCUT2D eigenvalue weighted by Crippen LogP contribution is 2.42. The van der Waals surface area contributed by atoms with E-state index in [2.05, 4.69) is 10.3 Å². The number of amides is 1. The quantitative estimate of drug-likeness (QED) is 0.547. The highest BCUT2D eigenvalue weighted by atomic mass is 32.1. The molecule has 5 nitrogen and oxygen atoms in total. The molecule has 3 aromatic rings. The topological polar surface area (TPSA) is 71.2 Å². The number of rotatable bonds is 5. The van der Waals surface area contributed by atoms with E-state index in [1.807, 2.05) is 4.90 Å². The number of nitrogen functional groups attached to an aromatic ring is 1. The lowest BCUT2D eigenvalue weighted by atomic mass is 9.71. The molecular formula is C24H25F3N4OS. The second-order valence-electron chi connectivity index (χ2n) is 9.30. The maximum Gasteiger partial charge on any atom is 0.263 e. The Labute approximate surface area is 193 Å². The Morgan fingerprint density at radius 3 is 2.58 bits per heavy atom. The largest absolute Gasteiger partial charge is 0.397 e. The molecule has 2 bridgehead atoms. The van der Waals surface area contributed by atoms with Gasteiger partial charge in [0.05, 0.1) is 17.1 Å². The molecule has 2 aromatic heterocycles. The molecule has 0 radical (unpaired) electrons. The van der Waals surface area contributed by atoms with Crippen molar-refractivity contribution < 1.29 is 18.0 Å². The molecule has 3 aliphatic rings. The van der Waals surface area contributed by atoms with Crippen molar-refractivity contribution in [3.05, 3.63) is 51.8 Å². The molecule has 1 aromatic carbocycles. The van der Waals surface area contributed by atoms with Gasteiger partial charge in [0, 0.05) is 37.0 Å². The van der Waals surface area contributed by atoms with Crippen LogP contribution in [0.3, 0.4) is 0 Å². The van der Waals surface area contributed by atoms with Crippen LogP contribution in [0.2, 0.25) is 0 Å². The average molecular weight is 475 g/mol. The van der Waals surface area contributed by atoms with E-state index in [4.69, 9.17) is 5.73 Å². The molecule has 3 fully saturated rings. The van der Waals surface area contributed by atoms with Crippen LogP contribution in [-0.2, 0) is 0 Å². The summed E-state index contributed by atoms with van der Waals surface area (Å²) in [6.45, 7) is 4.90. The van der Waals surface area contributed by atoms with Crippen molar-refractivity contribution in [3.63, 3.8) is 0 Å². The summed E-state index contributed by atoms with van der Waals surface area (Å²) in [5, 5.41) is 3.12. The van der Waals surface area contributed by atoms with Crippen LogP contribution in [0.5, 0.6) is 0 Å². The van der Waals surface area contributed by atoms with E-state index in [1.54, 1.807) is 13.8 Å². The molecule has 0 unspecified atom stereocenters. The SMILES string of the molecule is Cc1nc2sc(C(=O)NC[C@H](C)c3cc(F)c(N4CC5CC(C5)C4)cc3F)c(N)c2cc1F. The minimum absolute atomic E-state index is 0.0942. The molecule has 174 valence electrons. The van der Waals surface area contributed by atoms with Crippen LogP contribution in [0.15, 0.2) is 18.2 Å². The molecule has 1 aliphatic carbocycles. The number of nitrogens with one attached hydrogen (secondary N) is 1. The number of benzene rings is 1. The van der Waals surface area contributed by atoms with Crippen LogP contribution < -0.4 is 16.0 Å². The van der Waals surface area contributed by atoms with Crippen molar-refractivity contribution >= 4 is 38.8 Å². The third-order valence-electron chi connectivity index (χ3n) is 6.85. The Bertz CT molecular complexity index is 1240. The van der Waals surface area contributed by atoms with Crippen LogP contribution in [0, 0.1) is 36.2 Å². The normalized spacial score (nSPS) is 20.6. The van der Waals surface area contributed by atoms with Crippen LogP contribution in [-0.4, -0.2) is 30.5 Å². The number of piperidine rings is 2. The second-order valence-corrected chi connectivity index (χ2v) is 10.3. The molecule has 1 atom stereocenters. The zero-order valence-electron chi connectivity index (χ0n) is 18.4. The molecule has 1 saturated carbocycles. The monoisotopic (exact) mass is 474 g/mol. The van der Waals surface area contributed by atoms with Crippen molar-refractivity contribution in [2.45, 2.75) is 32.6 Å². The summed E-state index contributed by atoms with van der Waals surface area (Å²) in [5.41, 5.74) is 6.96. The van der Waals surface area contributed by atoms with Crippen LogP contribution in [0.4, 0.5) is 24.5 Å². The summed E-state index contributed by atoms with van der Waals surface area (Å²) in [4.78, 5) is 19.5. The minimum atomic E-state index is -0.491. The molecule has 2 saturated heterocycles. The van der Waals surface area contributed by atoms with Crippen LogP contribution >= 0.6 is 11.3 Å². The number of halogens is 3. The van der Waals surface area contributed by atoms with E-state index in [-0.39, 0.29) is 28.4 Å². The van der Waals surface area contributed by atoms with Gasteiger partial charge in [-0.1, -0.05) is 6.92 Å². The summed E-state index contributed by atoms with van der Waals surface area (Å²) in [6, 6.07) is 3.79. The summed E-state index contributed by atoms with van der Waals surface area (Å²) in [7, 11) is 0. The first-order valence-electron chi connectivity index (χ1n) is 11.1. The van der Waals surface area contributed by atoms with E-state index >= 15 is 0 Å². The maximum atomic E-state index is 14.9. The van der Waals surface area contributed by atoms with Gasteiger partial charge in [0.1, 0.15) is 27.2 Å². The van der Waals surface area contributed by atoms with Gasteiger partial charge < -0.3 is 16.0 Å². The molecule has 1 amide bonds. The van der Waals surface area contributed by atoms with Gasteiger partial charge in [-0.15, -0.1) is 11.3 Å². The lowest BCUT2D eigenvalue weighted by molar-refractivity contribution is 0.0956. The van der Waals surface area contributed by atoms with Crippen molar-refractivity contribution in [2.75, 3.05) is 30.3 Å². The fourth-order valence-corrected chi connectivity index (χ4v) is 5.99. The predicted octanol–water partition coefficient (Wildman–Crippen LogP) is 4.98. The fourth-order valence-electron chi connectivity index (χ4n) is 4.95. The number of hydrogen-bond acceptors (Lipinski definition) is 5. The number of pyridine rings is 1. The summed E-state index contributed by atoms with van der Waals surface area (Å²) in [5.74, 6) is -1.16. The third-order valence-corrected chi connectivity index (χ3v) is 7.97. The first-order chi connectivity index (χ1) is 15.7. The van der Waals surface area contributed by atoms with Gasteiger partial charge in [0.15, 0.2) is 0 Å². The Kier molecular flexibility index (Phi) is 5.47. The minimum Gasteiger partial charge on any atom is -0.397 e. The van der Waals surface area contributed by atoms with Crippen LogP contribution in [0.25, 0.3) is 10.2 Å². The fraction of sp³-hybridized carbons (Fsp3) is 0.417. The van der Waals surface area contributed by atoms with Crippen molar-refractivity contribution in [3.8, 4) is 0 Å². The number of carbonyl (C=O) groups excluding carboxylic acids is 1. The zero-order valence-corrected chi connectivity index (χ0v) is 19.2. The van der Waals surface area contributed by atoms with Gasteiger partial charge in [-0.25, -0.2) is 18.2 Å². The highest BCUT2D eigenvalue weighted by molar-refractivity contribution is 7.21. The summed E-state index contributed by atoms with van der Waals surface area (Å²) >= 11 is 1.07. The molecule has 3 N–H and O–H groups in total. The van der Waals surface area contributed by atoms with E-state index in [0.717, 1.165) is 24.4 Å². The Hall–Kier alpha value is -2.81. The van der Waals surface area contributed by atoms with E-state index in [1.165, 1.54) is 31.0 Å². The van der Waals surface area contributed by atoms with E-state index < -0.39 is 29.3 Å². The summed E-state index contributed by atoms with van der Waals surface area (Å²) < 4.78 is 43.6. The number of nitrogens with two attached hydrogens (primary N) is 1. The standard InChI is InChI=1S/C24H25F3N4OS/c1-11(8-29-23(32)22-21(28)16-6-17(25)12(2)30-24(16)33-22)15-5-19(27)20(7-18(15)26)31-9-13-3-14(4-13)10-31/h5-7,11,13-14H,3-4,8-10,28H2,1-2H3,(H,29,32)/t11-,13?,14?/m0/s1. The van der Waals surface area contributed by atoms with Gasteiger partial charge in [-0.3, -0.25) is 4.79 Å².